The van der Waals surface area contributed by atoms with Crippen molar-refractivity contribution >= 4 is 27.7 Å². The summed E-state index contributed by atoms with van der Waals surface area (Å²) in [7, 11) is 4.20. The van der Waals surface area contributed by atoms with Gasteiger partial charge in [-0.05, 0) is 36.7 Å². The number of ether oxygens (including phenoxy) is 4. The number of hydrogen-bond acceptors (Lipinski definition) is 6. The zero-order chi connectivity index (χ0) is 17.6. The lowest BCUT2D eigenvalue weighted by Gasteiger charge is -2.41. The van der Waals surface area contributed by atoms with Crippen molar-refractivity contribution in [2.75, 3.05) is 21.3 Å². The lowest BCUT2D eigenvalue weighted by Crippen LogP contribution is -2.59. The van der Waals surface area contributed by atoms with Crippen LogP contribution >= 0.6 is 15.9 Å². The van der Waals surface area contributed by atoms with Crippen LogP contribution in [0.5, 0.6) is 17.2 Å². The number of fused-ring (bicyclic) bond motifs is 1. The zero-order valence-electron chi connectivity index (χ0n) is 13.9. The first kappa shape index (κ1) is 17.6. The molecule has 23 heavy (non-hydrogen) atoms. The largest absolute Gasteiger partial charge is 0.495 e. The van der Waals surface area contributed by atoms with Gasteiger partial charge in [-0.25, -0.2) is 4.79 Å². The van der Waals surface area contributed by atoms with E-state index in [0.717, 1.165) is 0 Å². The summed E-state index contributed by atoms with van der Waals surface area (Å²) >= 11 is 3.41. The smallest absolute Gasteiger partial charge is 0.357 e. The molecular weight excluding hydrogens is 368 g/mol. The summed E-state index contributed by atoms with van der Waals surface area (Å²) in [4.78, 5) is 25.1. The van der Waals surface area contributed by atoms with Crippen LogP contribution in [0.2, 0.25) is 0 Å². The maximum Gasteiger partial charge on any atom is 0.357 e. The molecule has 0 radical (unpaired) electrons. The quantitative estimate of drug-likeness (QED) is 0.587. The Bertz CT molecular complexity index is 682. The molecule has 1 atom stereocenters. The Morgan fingerprint density at radius 3 is 2.26 bits per heavy atom. The van der Waals surface area contributed by atoms with Crippen molar-refractivity contribution in [2.45, 2.75) is 31.8 Å². The Hall–Kier alpha value is -1.76. The van der Waals surface area contributed by atoms with Crippen molar-refractivity contribution < 1.29 is 28.5 Å². The lowest BCUT2D eigenvalue weighted by atomic mass is 9.71. The highest BCUT2D eigenvalue weighted by molar-refractivity contribution is 9.10. The van der Waals surface area contributed by atoms with Gasteiger partial charge in [-0.3, -0.25) is 4.79 Å². The van der Waals surface area contributed by atoms with Crippen LogP contribution in [-0.4, -0.2) is 38.7 Å². The minimum Gasteiger partial charge on any atom is -0.495 e. The Labute approximate surface area is 143 Å². The van der Waals surface area contributed by atoms with E-state index in [1.54, 1.807) is 19.9 Å². The number of ketones is 1. The third-order valence-corrected chi connectivity index (χ3v) is 4.67. The molecule has 0 aromatic heterocycles. The van der Waals surface area contributed by atoms with Gasteiger partial charge in [0.05, 0.1) is 36.8 Å². The summed E-state index contributed by atoms with van der Waals surface area (Å²) in [6.07, 6.45) is 0. The first-order valence-electron chi connectivity index (χ1n) is 6.92. The van der Waals surface area contributed by atoms with E-state index in [-0.39, 0.29) is 0 Å². The van der Waals surface area contributed by atoms with Gasteiger partial charge < -0.3 is 18.9 Å². The second-order valence-electron chi connectivity index (χ2n) is 5.88. The van der Waals surface area contributed by atoms with Crippen LogP contribution in [0.4, 0.5) is 0 Å². The number of halogens is 1. The van der Waals surface area contributed by atoms with Gasteiger partial charge in [-0.2, -0.15) is 0 Å². The van der Waals surface area contributed by atoms with Crippen LogP contribution in [0.1, 0.15) is 26.3 Å². The molecule has 0 aliphatic carbocycles. The van der Waals surface area contributed by atoms with E-state index in [1.165, 1.54) is 28.3 Å². The Balaban J connectivity index is 2.85. The number of rotatable bonds is 3. The third kappa shape index (κ3) is 2.38. The molecule has 0 saturated heterocycles. The highest BCUT2D eigenvalue weighted by atomic mass is 79.9. The van der Waals surface area contributed by atoms with Crippen molar-refractivity contribution in [2.24, 2.45) is 0 Å². The van der Waals surface area contributed by atoms with Gasteiger partial charge in [0.2, 0.25) is 0 Å². The number of hydrogen-bond donors (Lipinski definition) is 0. The Morgan fingerprint density at radius 1 is 1.17 bits per heavy atom. The van der Waals surface area contributed by atoms with Gasteiger partial charge in [0.25, 0.3) is 5.60 Å². The van der Waals surface area contributed by atoms with E-state index >= 15 is 0 Å². The highest BCUT2D eigenvalue weighted by Crippen LogP contribution is 2.53. The number of benzene rings is 1. The van der Waals surface area contributed by atoms with E-state index in [0.29, 0.717) is 27.3 Å². The average molecular weight is 387 g/mol. The summed E-state index contributed by atoms with van der Waals surface area (Å²) in [5.74, 6) is -0.0209. The molecule has 0 N–H and O–H groups in total. The normalized spacial score (nSPS) is 22.0. The van der Waals surface area contributed by atoms with Crippen LogP contribution in [0.25, 0.3) is 0 Å². The molecule has 0 spiro atoms. The molecule has 2 rings (SSSR count). The zero-order valence-corrected chi connectivity index (χ0v) is 15.5. The number of esters is 1. The summed E-state index contributed by atoms with van der Waals surface area (Å²) in [5.41, 5.74) is -2.27. The van der Waals surface area contributed by atoms with Gasteiger partial charge in [0.15, 0.2) is 17.3 Å². The predicted molar refractivity (Wildman–Crippen MR) is 86.3 cm³/mol. The molecule has 126 valence electrons. The summed E-state index contributed by atoms with van der Waals surface area (Å²) in [5, 5.41) is 0. The topological polar surface area (TPSA) is 71.1 Å². The number of Topliss-reactive ketones (excluding diaryl/α,β-unsaturated/α-hetero) is 1. The molecule has 1 aromatic rings. The van der Waals surface area contributed by atoms with Crippen molar-refractivity contribution in [3.8, 4) is 17.2 Å². The molecule has 1 heterocycles. The first-order valence-corrected chi connectivity index (χ1v) is 7.71. The van der Waals surface area contributed by atoms with E-state index in [1.807, 2.05) is 0 Å². The Morgan fingerprint density at radius 2 is 1.78 bits per heavy atom. The van der Waals surface area contributed by atoms with Gasteiger partial charge in [-0.1, -0.05) is 0 Å². The molecule has 1 aromatic carbocycles. The van der Waals surface area contributed by atoms with Crippen LogP contribution < -0.4 is 14.2 Å². The summed E-state index contributed by atoms with van der Waals surface area (Å²) < 4.78 is 22.0. The molecule has 0 bridgehead atoms. The summed E-state index contributed by atoms with van der Waals surface area (Å²) in [6.45, 7) is 4.83. The number of carbonyl (C=O) groups is 2. The molecule has 7 heteroatoms. The molecule has 0 amide bonds. The fourth-order valence-corrected chi connectivity index (χ4v) is 3.47. The van der Waals surface area contributed by atoms with Crippen LogP contribution in [-0.2, 0) is 19.7 Å². The molecule has 0 fully saturated rings. The SMILES string of the molecule is COC(=O)C1(C)Oc2c(OC)cc(Br)c(OC)c2C(C)(C)C1=O. The summed E-state index contributed by atoms with van der Waals surface area (Å²) in [6, 6.07) is 1.67. The van der Waals surface area contributed by atoms with Crippen LogP contribution in [0.3, 0.4) is 0 Å². The van der Waals surface area contributed by atoms with E-state index in [9.17, 15) is 9.59 Å². The first-order chi connectivity index (χ1) is 10.6. The van der Waals surface area contributed by atoms with Gasteiger partial charge >= 0.3 is 5.97 Å². The number of carbonyl (C=O) groups excluding carboxylic acids is 2. The lowest BCUT2D eigenvalue weighted by molar-refractivity contribution is -0.167. The average Bonchev–Trinajstić information content (AvgIpc) is 2.52. The molecule has 6 nitrogen and oxygen atoms in total. The van der Waals surface area contributed by atoms with Crippen LogP contribution in [0, 0.1) is 0 Å². The van der Waals surface area contributed by atoms with Crippen molar-refractivity contribution in [1.82, 2.24) is 0 Å². The molecule has 1 aliphatic heterocycles. The highest BCUT2D eigenvalue weighted by Gasteiger charge is 2.58. The predicted octanol–water partition coefficient (Wildman–Crippen LogP) is 2.64. The molecular formula is C16H19BrO6. The Kier molecular flexibility index (Phi) is 4.36. The minimum absolute atomic E-state index is 0.296. The second kappa shape index (κ2) is 5.70. The van der Waals surface area contributed by atoms with E-state index < -0.39 is 22.8 Å². The fourth-order valence-electron chi connectivity index (χ4n) is 2.90. The number of methoxy groups -OCH3 is 3. The molecule has 1 aliphatic rings. The monoisotopic (exact) mass is 386 g/mol. The van der Waals surface area contributed by atoms with Crippen molar-refractivity contribution in [3.05, 3.63) is 16.1 Å². The van der Waals surface area contributed by atoms with Gasteiger partial charge in [-0.15, -0.1) is 0 Å². The van der Waals surface area contributed by atoms with Crippen LogP contribution in [0.15, 0.2) is 10.5 Å². The minimum atomic E-state index is -1.75. The maximum absolute atomic E-state index is 13.0. The van der Waals surface area contributed by atoms with E-state index in [4.69, 9.17) is 18.9 Å². The maximum atomic E-state index is 13.0. The fraction of sp³-hybridized carbons (Fsp3) is 0.500. The van der Waals surface area contributed by atoms with Crippen molar-refractivity contribution in [1.29, 1.82) is 0 Å². The third-order valence-electron chi connectivity index (χ3n) is 4.08. The molecule has 0 saturated carbocycles. The van der Waals surface area contributed by atoms with E-state index in [2.05, 4.69) is 15.9 Å². The second-order valence-corrected chi connectivity index (χ2v) is 6.73. The standard InChI is InChI=1S/C16H19BrO6/c1-15(2)10-11(21-5)8(17)7-9(20-4)12(10)23-16(3,13(15)18)14(19)22-6/h7H,1-6H3. The van der Waals surface area contributed by atoms with Crippen molar-refractivity contribution in [3.63, 3.8) is 0 Å². The van der Waals surface area contributed by atoms with Gasteiger partial charge in [0.1, 0.15) is 5.75 Å². The molecule has 1 unspecified atom stereocenters. The van der Waals surface area contributed by atoms with Gasteiger partial charge in [0, 0.05) is 6.07 Å².